The van der Waals surface area contributed by atoms with Gasteiger partial charge in [0.15, 0.2) is 0 Å². The second-order valence-corrected chi connectivity index (χ2v) is 34.0. The van der Waals surface area contributed by atoms with Crippen LogP contribution in [0.3, 0.4) is 0 Å². The monoisotopic (exact) mass is 614 g/mol. The third-order valence-corrected chi connectivity index (χ3v) is 9.38. The number of allylic oxidation sites excluding steroid dienone is 2. The van der Waals surface area contributed by atoms with E-state index in [0.717, 1.165) is 11.1 Å². The van der Waals surface area contributed by atoms with Crippen LogP contribution in [-0.4, -0.2) is 32.3 Å². The standard InChI is InChI=1S/C38H46Si4/c1-39(2,3)25-21-31(22-26-40(4,5)6)29-37-33-17-13-15-19-35(33)38(36-20-16-14-18-34(36)37)30-32(23-27-41(7,8)9)24-28-42(10,11)12/h13-20,29-30H,1-12H3. The molecule has 0 aliphatic heterocycles. The van der Waals surface area contributed by atoms with Gasteiger partial charge < -0.3 is 0 Å². The molecule has 0 heterocycles. The first-order valence-corrected chi connectivity index (χ1v) is 28.8. The zero-order chi connectivity index (χ0) is 31.3. The summed E-state index contributed by atoms with van der Waals surface area (Å²) < 4.78 is 0. The molecule has 0 aromatic heterocycles. The lowest BCUT2D eigenvalue weighted by molar-refractivity contribution is 1.71. The average molecular weight is 615 g/mol. The summed E-state index contributed by atoms with van der Waals surface area (Å²) in [6.45, 7) is 27.4. The van der Waals surface area contributed by atoms with Gasteiger partial charge in [0.25, 0.3) is 0 Å². The van der Waals surface area contributed by atoms with Crippen LogP contribution >= 0.6 is 0 Å². The van der Waals surface area contributed by atoms with E-state index in [1.165, 1.54) is 32.7 Å². The first-order chi connectivity index (χ1) is 19.3. The maximum absolute atomic E-state index is 3.56. The molecule has 0 radical (unpaired) electrons. The predicted octanol–water partition coefficient (Wildman–Crippen LogP) is 10.3. The largest absolute Gasteiger partial charge is 0.129 e. The summed E-state index contributed by atoms with van der Waals surface area (Å²) in [7, 11) is -6.30. The van der Waals surface area contributed by atoms with Gasteiger partial charge in [-0.3, -0.25) is 0 Å². The van der Waals surface area contributed by atoms with Gasteiger partial charge in [-0.05, 0) is 44.8 Å². The van der Waals surface area contributed by atoms with Crippen molar-refractivity contribution in [2.24, 2.45) is 0 Å². The Labute approximate surface area is 260 Å². The smallest absolute Gasteiger partial charge is 0.126 e. The molecule has 214 valence electrons. The Morgan fingerprint density at radius 3 is 0.810 bits per heavy atom. The quantitative estimate of drug-likeness (QED) is 0.153. The molecule has 0 nitrogen and oxygen atoms in total. The number of benzene rings is 3. The third-order valence-electron chi connectivity index (χ3n) is 5.88. The van der Waals surface area contributed by atoms with Crippen LogP contribution < -0.4 is 0 Å². The van der Waals surface area contributed by atoms with Crippen LogP contribution in [0.25, 0.3) is 33.7 Å². The van der Waals surface area contributed by atoms with Crippen molar-refractivity contribution in [3.63, 3.8) is 0 Å². The van der Waals surface area contributed by atoms with Crippen LogP contribution in [0.5, 0.6) is 0 Å². The van der Waals surface area contributed by atoms with E-state index in [2.05, 4.69) is 185 Å². The summed E-state index contributed by atoms with van der Waals surface area (Å²) in [6.07, 6.45) is 4.46. The lowest BCUT2D eigenvalue weighted by atomic mass is 9.90. The Morgan fingerprint density at radius 1 is 0.405 bits per heavy atom. The molecule has 0 saturated carbocycles. The molecule has 0 spiro atoms. The van der Waals surface area contributed by atoms with Crippen molar-refractivity contribution < 1.29 is 0 Å². The summed E-state index contributed by atoms with van der Waals surface area (Å²) in [5.41, 5.74) is 18.4. The predicted molar refractivity (Wildman–Crippen MR) is 202 cm³/mol. The van der Waals surface area contributed by atoms with E-state index in [0.29, 0.717) is 0 Å². The Morgan fingerprint density at radius 2 is 0.619 bits per heavy atom. The van der Waals surface area contributed by atoms with Gasteiger partial charge in [-0.15, -0.1) is 22.2 Å². The highest BCUT2D eigenvalue weighted by Gasteiger charge is 2.15. The van der Waals surface area contributed by atoms with Gasteiger partial charge in [-0.25, -0.2) is 0 Å². The molecule has 0 aliphatic rings. The molecular weight excluding hydrogens is 569 g/mol. The van der Waals surface area contributed by atoms with Gasteiger partial charge in [0.05, 0.1) is 11.1 Å². The lowest BCUT2D eigenvalue weighted by Gasteiger charge is -2.14. The zero-order valence-corrected chi connectivity index (χ0v) is 31.8. The third kappa shape index (κ3) is 10.6. The van der Waals surface area contributed by atoms with Crippen molar-refractivity contribution in [1.82, 2.24) is 0 Å². The van der Waals surface area contributed by atoms with E-state index in [1.54, 1.807) is 0 Å². The van der Waals surface area contributed by atoms with Crippen LogP contribution in [0, 0.1) is 45.9 Å². The minimum atomic E-state index is -1.58. The molecular formula is C38H46Si4. The topological polar surface area (TPSA) is 0 Å². The van der Waals surface area contributed by atoms with Crippen molar-refractivity contribution in [1.29, 1.82) is 0 Å². The summed E-state index contributed by atoms with van der Waals surface area (Å²) in [6, 6.07) is 17.4. The highest BCUT2D eigenvalue weighted by Crippen LogP contribution is 2.35. The molecule has 0 bridgehead atoms. The first-order valence-electron chi connectivity index (χ1n) is 14.8. The molecule has 0 unspecified atom stereocenters. The lowest BCUT2D eigenvalue weighted by Crippen LogP contribution is -2.17. The summed E-state index contributed by atoms with van der Waals surface area (Å²) in [5, 5.41) is 4.78. The SMILES string of the molecule is C[Si](C)(C)C#CC(C#C[Si](C)(C)C)=Cc1c2ccccc2c(C=C(C#C[Si](C)(C)C)C#C[Si](C)(C)C)c2ccccc12. The van der Waals surface area contributed by atoms with Gasteiger partial charge in [-0.2, -0.15) is 0 Å². The normalized spacial score (nSPS) is 11.5. The molecule has 0 fully saturated rings. The number of hydrogen-bond donors (Lipinski definition) is 0. The van der Waals surface area contributed by atoms with E-state index >= 15 is 0 Å². The van der Waals surface area contributed by atoms with Crippen LogP contribution in [0.15, 0.2) is 59.7 Å². The fourth-order valence-electron chi connectivity index (χ4n) is 4.02. The van der Waals surface area contributed by atoms with Crippen molar-refractivity contribution in [3.8, 4) is 45.9 Å². The second-order valence-electron chi connectivity index (χ2n) is 15.0. The van der Waals surface area contributed by atoms with Gasteiger partial charge >= 0.3 is 0 Å². The summed E-state index contributed by atoms with van der Waals surface area (Å²) in [4.78, 5) is 0. The van der Waals surface area contributed by atoms with E-state index in [1.807, 2.05) is 0 Å². The first kappa shape index (κ1) is 33.3. The van der Waals surface area contributed by atoms with E-state index in [4.69, 9.17) is 0 Å². The molecule has 3 aromatic carbocycles. The second kappa shape index (κ2) is 13.0. The number of fused-ring (bicyclic) bond motifs is 2. The molecule has 42 heavy (non-hydrogen) atoms. The van der Waals surface area contributed by atoms with Gasteiger partial charge in [0, 0.05) is 0 Å². The Hall–Kier alpha value is -3.23. The van der Waals surface area contributed by atoms with Crippen molar-refractivity contribution in [2.75, 3.05) is 0 Å². The van der Waals surface area contributed by atoms with Crippen LogP contribution in [0.2, 0.25) is 78.6 Å². The molecule has 0 amide bonds. The molecule has 0 aliphatic carbocycles. The summed E-state index contributed by atoms with van der Waals surface area (Å²) in [5.74, 6) is 14.0. The maximum Gasteiger partial charge on any atom is 0.129 e. The van der Waals surface area contributed by atoms with E-state index in [-0.39, 0.29) is 0 Å². The van der Waals surface area contributed by atoms with E-state index in [9.17, 15) is 0 Å². The molecule has 0 N–H and O–H groups in total. The molecule has 3 rings (SSSR count). The highest BCUT2D eigenvalue weighted by atomic mass is 28.3. The van der Waals surface area contributed by atoms with Crippen molar-refractivity contribution >= 4 is 66.0 Å². The average Bonchev–Trinajstić information content (AvgIpc) is 2.86. The van der Waals surface area contributed by atoms with Crippen molar-refractivity contribution in [3.05, 3.63) is 70.8 Å². The fourth-order valence-corrected chi connectivity index (χ4v) is 6.06. The molecule has 0 saturated heterocycles. The fraction of sp³-hybridized carbons (Fsp3) is 0.316. The number of rotatable bonds is 2. The minimum absolute atomic E-state index is 0.904. The highest BCUT2D eigenvalue weighted by molar-refractivity contribution is 6.85. The van der Waals surface area contributed by atoms with Gasteiger partial charge in [-0.1, -0.05) is 151 Å². The minimum Gasteiger partial charge on any atom is -0.126 e. The number of hydrogen-bond acceptors (Lipinski definition) is 0. The van der Waals surface area contributed by atoms with Crippen LogP contribution in [0.4, 0.5) is 0 Å². The van der Waals surface area contributed by atoms with Crippen LogP contribution in [0.1, 0.15) is 11.1 Å². The van der Waals surface area contributed by atoms with Crippen molar-refractivity contribution in [2.45, 2.75) is 78.6 Å². The van der Waals surface area contributed by atoms with Gasteiger partial charge in [0.1, 0.15) is 32.3 Å². The van der Waals surface area contributed by atoms with E-state index < -0.39 is 32.3 Å². The molecule has 4 heteroatoms. The maximum atomic E-state index is 3.56. The van der Waals surface area contributed by atoms with Crippen LogP contribution in [-0.2, 0) is 0 Å². The van der Waals surface area contributed by atoms with Gasteiger partial charge in [0.2, 0.25) is 0 Å². The Kier molecular flexibility index (Phi) is 10.3. The Balaban J connectivity index is 2.47. The molecule has 0 atom stereocenters. The summed E-state index contributed by atoms with van der Waals surface area (Å²) >= 11 is 0. The zero-order valence-electron chi connectivity index (χ0n) is 27.8. The molecule has 3 aromatic rings. The Bertz CT molecular complexity index is 1550.